The van der Waals surface area contributed by atoms with E-state index in [0.717, 1.165) is 5.56 Å². The Morgan fingerprint density at radius 3 is 2.22 bits per heavy atom. The highest BCUT2D eigenvalue weighted by atomic mass is 16.7. The number of nitrogens with zero attached hydrogens (tertiary/aromatic N) is 3. The smallest absolute Gasteiger partial charge is 0.416 e. The van der Waals surface area contributed by atoms with E-state index in [2.05, 4.69) is 15.0 Å². The van der Waals surface area contributed by atoms with Crippen molar-refractivity contribution in [1.29, 1.82) is 0 Å². The highest BCUT2D eigenvalue weighted by molar-refractivity contribution is 6.09. The van der Waals surface area contributed by atoms with Gasteiger partial charge in [-0.05, 0) is 38.5 Å². The van der Waals surface area contributed by atoms with Crippen molar-refractivity contribution in [3.05, 3.63) is 95.2 Å². The second kappa shape index (κ2) is 11.3. The van der Waals surface area contributed by atoms with E-state index in [1.807, 2.05) is 6.07 Å². The Balaban J connectivity index is 1.90. The van der Waals surface area contributed by atoms with Gasteiger partial charge in [-0.2, -0.15) is 0 Å². The Hall–Kier alpha value is -4.53. The molecular formula is C27H28N4O5. The number of aromatic nitrogens is 1. The van der Waals surface area contributed by atoms with Gasteiger partial charge < -0.3 is 15.3 Å². The first kappa shape index (κ1) is 26.1. The summed E-state index contributed by atoms with van der Waals surface area (Å²) in [5.41, 5.74) is 7.31. The monoisotopic (exact) mass is 488 g/mol. The van der Waals surface area contributed by atoms with E-state index >= 15 is 0 Å². The van der Waals surface area contributed by atoms with E-state index in [0.29, 0.717) is 16.7 Å². The number of oxime groups is 1. The molecule has 2 N–H and O–H groups in total. The topological polar surface area (TPSA) is 124 Å². The van der Waals surface area contributed by atoms with E-state index in [1.54, 1.807) is 81.4 Å². The van der Waals surface area contributed by atoms with Crippen LogP contribution in [0.1, 0.15) is 54.7 Å². The maximum Gasteiger partial charge on any atom is 0.416 e. The number of benzene rings is 2. The predicted molar refractivity (Wildman–Crippen MR) is 135 cm³/mol. The van der Waals surface area contributed by atoms with Crippen molar-refractivity contribution >= 4 is 29.5 Å². The van der Waals surface area contributed by atoms with Crippen LogP contribution >= 0.6 is 0 Å². The molecule has 0 saturated carbocycles. The summed E-state index contributed by atoms with van der Waals surface area (Å²) in [6, 6.07) is 18.9. The summed E-state index contributed by atoms with van der Waals surface area (Å²) in [4.78, 5) is 47.3. The van der Waals surface area contributed by atoms with Gasteiger partial charge in [0, 0.05) is 29.8 Å². The van der Waals surface area contributed by atoms with Crippen LogP contribution in [0.5, 0.6) is 0 Å². The summed E-state index contributed by atoms with van der Waals surface area (Å²) < 4.78 is 5.60. The molecule has 0 aliphatic heterocycles. The molecule has 0 fully saturated rings. The van der Waals surface area contributed by atoms with Crippen LogP contribution in [0.4, 0.5) is 10.6 Å². The lowest BCUT2D eigenvalue weighted by atomic mass is 10.0. The molecule has 0 saturated heterocycles. The first-order valence-electron chi connectivity index (χ1n) is 11.2. The Morgan fingerprint density at radius 1 is 0.944 bits per heavy atom. The van der Waals surface area contributed by atoms with E-state index in [1.165, 1.54) is 18.0 Å². The van der Waals surface area contributed by atoms with E-state index in [4.69, 9.17) is 10.5 Å². The van der Waals surface area contributed by atoms with Crippen LogP contribution < -0.4 is 10.6 Å². The van der Waals surface area contributed by atoms with Gasteiger partial charge in [-0.25, -0.2) is 14.6 Å². The molecule has 0 aliphatic carbocycles. The van der Waals surface area contributed by atoms with Gasteiger partial charge in [-0.3, -0.25) is 9.69 Å². The fourth-order valence-electron chi connectivity index (χ4n) is 3.15. The molecule has 1 aromatic heterocycles. The minimum absolute atomic E-state index is 0.0366. The molecule has 9 nitrogen and oxygen atoms in total. The summed E-state index contributed by atoms with van der Waals surface area (Å²) in [7, 11) is 0. The van der Waals surface area contributed by atoms with Crippen LogP contribution in [0.2, 0.25) is 0 Å². The van der Waals surface area contributed by atoms with Gasteiger partial charge in [0.15, 0.2) is 11.6 Å². The van der Waals surface area contributed by atoms with Crippen molar-refractivity contribution in [2.75, 3.05) is 4.90 Å². The van der Waals surface area contributed by atoms with Gasteiger partial charge in [0.25, 0.3) is 0 Å². The highest BCUT2D eigenvalue weighted by Crippen LogP contribution is 2.22. The van der Waals surface area contributed by atoms with Crippen molar-refractivity contribution in [2.24, 2.45) is 10.9 Å². The zero-order valence-electron chi connectivity index (χ0n) is 20.6. The molecule has 0 unspecified atom stereocenters. The van der Waals surface area contributed by atoms with Gasteiger partial charge >= 0.3 is 12.1 Å². The number of anilines is 1. The fourth-order valence-corrected chi connectivity index (χ4v) is 3.15. The van der Waals surface area contributed by atoms with Crippen molar-refractivity contribution < 1.29 is 24.0 Å². The third-order valence-corrected chi connectivity index (χ3v) is 4.80. The molecule has 0 atom stereocenters. The number of carbonyl (C=O) groups excluding carboxylic acids is 3. The van der Waals surface area contributed by atoms with Crippen molar-refractivity contribution in [2.45, 2.75) is 39.8 Å². The molecule has 3 aromatic rings. The predicted octanol–water partition coefficient (Wildman–Crippen LogP) is 4.44. The normalized spacial score (nSPS) is 11.5. The lowest BCUT2D eigenvalue weighted by molar-refractivity contribution is -0.140. The van der Waals surface area contributed by atoms with Gasteiger partial charge in [0.05, 0.1) is 6.54 Å². The Bertz CT molecular complexity index is 1270. The second-order valence-corrected chi connectivity index (χ2v) is 8.92. The number of carbonyl (C=O) groups is 3. The first-order chi connectivity index (χ1) is 17.0. The van der Waals surface area contributed by atoms with Crippen LogP contribution in [0.25, 0.3) is 0 Å². The third kappa shape index (κ3) is 7.23. The maximum absolute atomic E-state index is 13.1. The second-order valence-electron chi connectivity index (χ2n) is 8.92. The average molecular weight is 489 g/mol. The number of ketones is 1. The molecule has 186 valence electrons. The molecule has 0 radical (unpaired) electrons. The number of amidine groups is 1. The van der Waals surface area contributed by atoms with E-state index in [-0.39, 0.29) is 24.0 Å². The first-order valence-corrected chi connectivity index (χ1v) is 11.2. The number of hydrogen-bond donors (Lipinski definition) is 1. The highest BCUT2D eigenvalue weighted by Gasteiger charge is 2.25. The third-order valence-electron chi connectivity index (χ3n) is 4.80. The molecule has 1 amide bonds. The summed E-state index contributed by atoms with van der Waals surface area (Å²) in [6.07, 6.45) is 0.873. The number of pyridine rings is 1. The zero-order chi connectivity index (χ0) is 26.3. The summed E-state index contributed by atoms with van der Waals surface area (Å²) >= 11 is 0. The van der Waals surface area contributed by atoms with Gasteiger partial charge in [-0.1, -0.05) is 59.8 Å². The number of hydrogen-bond acceptors (Lipinski definition) is 7. The van der Waals surface area contributed by atoms with Crippen molar-refractivity contribution in [1.82, 2.24) is 4.98 Å². The largest absolute Gasteiger partial charge is 0.443 e. The number of ether oxygens (including phenoxy) is 1. The van der Waals surface area contributed by atoms with Crippen molar-refractivity contribution in [3.63, 3.8) is 0 Å². The van der Waals surface area contributed by atoms with Gasteiger partial charge in [-0.15, -0.1) is 0 Å². The standard InChI is InChI=1S/C27H28N4O5/c1-18(32)36-30-25(28)21-12-10-19(11-13-21)17-31(26(34)35-27(2,3)4)23-16-22(14-15-29-23)24(33)20-8-6-5-7-9-20/h5-16H,17H2,1-4H3,(H2,28,30). The van der Waals surface area contributed by atoms with Gasteiger partial charge in [0.1, 0.15) is 11.4 Å². The van der Waals surface area contributed by atoms with Gasteiger partial charge in [0.2, 0.25) is 0 Å². The van der Waals surface area contributed by atoms with Crippen LogP contribution in [-0.4, -0.2) is 34.3 Å². The molecule has 0 aliphatic rings. The SMILES string of the molecule is CC(=O)O/N=C(\N)c1ccc(CN(C(=O)OC(C)(C)C)c2cc(C(=O)c3ccccc3)ccn2)cc1. The summed E-state index contributed by atoms with van der Waals surface area (Å²) in [6.45, 7) is 6.65. The minimum Gasteiger partial charge on any atom is -0.443 e. The summed E-state index contributed by atoms with van der Waals surface area (Å²) in [5, 5.41) is 3.57. The quantitative estimate of drug-likeness (QED) is 0.171. The Kier molecular flexibility index (Phi) is 8.16. The number of amides is 1. The minimum atomic E-state index is -0.738. The van der Waals surface area contributed by atoms with Crippen LogP contribution in [-0.2, 0) is 20.9 Å². The van der Waals surface area contributed by atoms with Crippen LogP contribution in [0.15, 0.2) is 78.1 Å². The van der Waals surface area contributed by atoms with E-state index < -0.39 is 17.7 Å². The molecule has 3 rings (SSSR count). The Morgan fingerprint density at radius 2 is 1.61 bits per heavy atom. The lowest BCUT2D eigenvalue weighted by Gasteiger charge is -2.27. The summed E-state index contributed by atoms with van der Waals surface area (Å²) in [5.74, 6) is -0.459. The van der Waals surface area contributed by atoms with Crippen LogP contribution in [0.3, 0.4) is 0 Å². The molecule has 36 heavy (non-hydrogen) atoms. The number of rotatable bonds is 7. The maximum atomic E-state index is 13.1. The Labute approximate surface area is 209 Å². The molecule has 0 bridgehead atoms. The van der Waals surface area contributed by atoms with E-state index in [9.17, 15) is 14.4 Å². The fraction of sp³-hybridized carbons (Fsp3) is 0.222. The molecular weight excluding hydrogens is 460 g/mol. The van der Waals surface area contributed by atoms with Crippen LogP contribution in [0, 0.1) is 0 Å². The van der Waals surface area contributed by atoms with Crippen molar-refractivity contribution in [3.8, 4) is 0 Å². The zero-order valence-corrected chi connectivity index (χ0v) is 20.6. The molecule has 9 heteroatoms. The molecule has 1 heterocycles. The molecule has 0 spiro atoms. The lowest BCUT2D eigenvalue weighted by Crippen LogP contribution is -2.37. The number of nitrogens with two attached hydrogens (primary N) is 1. The molecule has 2 aromatic carbocycles. The average Bonchev–Trinajstić information content (AvgIpc) is 2.85.